The minimum Gasteiger partial charge on any atom is -0.384 e. The van der Waals surface area contributed by atoms with Crippen LogP contribution in [0.1, 0.15) is 52.4 Å². The maximum atomic E-state index is 4.34. The first kappa shape index (κ1) is 14.2. The molecular weight excluding hydrogens is 234 g/mol. The fourth-order valence-corrected chi connectivity index (χ4v) is 2.96. The third kappa shape index (κ3) is 3.85. The molecule has 1 fully saturated rings. The van der Waals surface area contributed by atoms with Crippen molar-refractivity contribution in [2.75, 3.05) is 23.7 Å². The zero-order valence-electron chi connectivity index (χ0n) is 12.3. The highest BCUT2D eigenvalue weighted by Gasteiger charge is 2.31. The molecule has 1 aliphatic rings. The van der Waals surface area contributed by atoms with Crippen LogP contribution in [0.25, 0.3) is 0 Å². The van der Waals surface area contributed by atoms with Crippen LogP contribution in [0.4, 0.5) is 11.5 Å². The molecule has 0 radical (unpaired) electrons. The summed E-state index contributed by atoms with van der Waals surface area (Å²) in [4.78, 5) is 4.34. The van der Waals surface area contributed by atoms with E-state index in [1.807, 2.05) is 6.20 Å². The van der Waals surface area contributed by atoms with Crippen molar-refractivity contribution in [3.05, 3.63) is 18.3 Å². The normalized spacial score (nSPS) is 17.4. The summed E-state index contributed by atoms with van der Waals surface area (Å²) in [5.74, 6) is 0.976. The minimum absolute atomic E-state index is 0.528. The lowest BCUT2D eigenvalue weighted by Gasteiger charge is -2.28. The summed E-state index contributed by atoms with van der Waals surface area (Å²) in [6.07, 6.45) is 9.84. The van der Waals surface area contributed by atoms with Crippen molar-refractivity contribution in [1.82, 2.24) is 4.98 Å². The van der Waals surface area contributed by atoms with E-state index < -0.39 is 0 Å². The van der Waals surface area contributed by atoms with Crippen LogP contribution in [0.15, 0.2) is 18.3 Å². The molecular formula is C16H27N3. The van der Waals surface area contributed by atoms with Crippen molar-refractivity contribution in [1.29, 1.82) is 0 Å². The third-order valence-electron chi connectivity index (χ3n) is 4.40. The van der Waals surface area contributed by atoms with Crippen molar-refractivity contribution in [2.24, 2.45) is 5.41 Å². The van der Waals surface area contributed by atoms with Gasteiger partial charge in [0.25, 0.3) is 0 Å². The third-order valence-corrected chi connectivity index (χ3v) is 4.40. The van der Waals surface area contributed by atoms with E-state index in [0.717, 1.165) is 25.3 Å². The molecule has 1 aromatic rings. The number of nitrogens with zero attached hydrogens (tertiary/aromatic N) is 1. The molecule has 1 aromatic heterocycles. The van der Waals surface area contributed by atoms with E-state index in [-0.39, 0.29) is 0 Å². The smallest absolute Gasteiger partial charge is 0.127 e. The Bertz CT molecular complexity index is 383. The summed E-state index contributed by atoms with van der Waals surface area (Å²) in [5.41, 5.74) is 1.72. The maximum Gasteiger partial charge on any atom is 0.127 e. The molecule has 0 unspecified atom stereocenters. The lowest BCUT2D eigenvalue weighted by atomic mass is 9.83. The quantitative estimate of drug-likeness (QED) is 0.769. The zero-order chi connectivity index (χ0) is 13.6. The molecule has 0 spiro atoms. The molecule has 19 heavy (non-hydrogen) atoms. The van der Waals surface area contributed by atoms with E-state index in [1.54, 1.807) is 0 Å². The Morgan fingerprint density at radius 1 is 1.21 bits per heavy atom. The molecule has 0 aromatic carbocycles. The fourth-order valence-electron chi connectivity index (χ4n) is 2.96. The Balaban J connectivity index is 1.91. The maximum absolute atomic E-state index is 4.34. The van der Waals surface area contributed by atoms with Gasteiger partial charge in [-0.1, -0.05) is 26.7 Å². The second-order valence-electron chi connectivity index (χ2n) is 5.77. The number of nitrogens with one attached hydrogen (secondary N) is 2. The molecule has 0 amide bonds. The largest absolute Gasteiger partial charge is 0.384 e. The van der Waals surface area contributed by atoms with E-state index in [0.29, 0.717) is 5.41 Å². The van der Waals surface area contributed by atoms with Crippen LogP contribution in [0.2, 0.25) is 0 Å². The van der Waals surface area contributed by atoms with Gasteiger partial charge < -0.3 is 10.6 Å². The van der Waals surface area contributed by atoms with Gasteiger partial charge in [-0.3, -0.25) is 0 Å². The molecule has 0 aliphatic heterocycles. The topological polar surface area (TPSA) is 37.0 Å². The van der Waals surface area contributed by atoms with Gasteiger partial charge >= 0.3 is 0 Å². The average molecular weight is 261 g/mol. The molecule has 0 atom stereocenters. The Hall–Kier alpha value is -1.25. The summed E-state index contributed by atoms with van der Waals surface area (Å²) in [7, 11) is 0. The van der Waals surface area contributed by atoms with Crippen LogP contribution in [-0.2, 0) is 0 Å². The number of hydrogen-bond donors (Lipinski definition) is 2. The van der Waals surface area contributed by atoms with Gasteiger partial charge in [0, 0.05) is 31.0 Å². The second kappa shape index (κ2) is 6.78. The van der Waals surface area contributed by atoms with Crippen LogP contribution in [-0.4, -0.2) is 18.1 Å². The first-order valence-electron chi connectivity index (χ1n) is 7.72. The molecule has 1 aliphatic carbocycles. The fraction of sp³-hybridized carbons (Fsp3) is 0.688. The highest BCUT2D eigenvalue weighted by atomic mass is 15.0. The Morgan fingerprint density at radius 3 is 2.68 bits per heavy atom. The molecule has 0 saturated heterocycles. The number of hydrogen-bond acceptors (Lipinski definition) is 3. The number of rotatable bonds is 7. The van der Waals surface area contributed by atoms with Crippen molar-refractivity contribution in [3.63, 3.8) is 0 Å². The average Bonchev–Trinajstić information content (AvgIpc) is 2.93. The van der Waals surface area contributed by atoms with Crippen LogP contribution in [0, 0.1) is 5.41 Å². The van der Waals surface area contributed by atoms with E-state index in [4.69, 9.17) is 0 Å². The molecule has 1 heterocycles. The molecule has 0 bridgehead atoms. The Kier molecular flexibility index (Phi) is 5.06. The zero-order valence-corrected chi connectivity index (χ0v) is 12.3. The summed E-state index contributed by atoms with van der Waals surface area (Å²) in [6.45, 7) is 6.57. The minimum atomic E-state index is 0.528. The van der Waals surface area contributed by atoms with Crippen LogP contribution >= 0.6 is 0 Å². The van der Waals surface area contributed by atoms with Crippen molar-refractivity contribution in [2.45, 2.75) is 52.4 Å². The van der Waals surface area contributed by atoms with Gasteiger partial charge in [-0.05, 0) is 37.2 Å². The van der Waals surface area contributed by atoms with E-state index in [1.165, 1.54) is 37.8 Å². The lowest BCUT2D eigenvalue weighted by molar-refractivity contribution is 0.307. The van der Waals surface area contributed by atoms with Crippen molar-refractivity contribution in [3.8, 4) is 0 Å². The lowest BCUT2D eigenvalue weighted by Crippen LogP contribution is -2.25. The summed E-state index contributed by atoms with van der Waals surface area (Å²) < 4.78 is 0. The molecule has 2 rings (SSSR count). The molecule has 3 nitrogen and oxygen atoms in total. The van der Waals surface area contributed by atoms with E-state index >= 15 is 0 Å². The van der Waals surface area contributed by atoms with Crippen LogP contribution in [0.3, 0.4) is 0 Å². The molecule has 3 heteroatoms. The summed E-state index contributed by atoms with van der Waals surface area (Å²) >= 11 is 0. The van der Waals surface area contributed by atoms with Gasteiger partial charge in [-0.25, -0.2) is 4.98 Å². The van der Waals surface area contributed by atoms with Crippen molar-refractivity contribution >= 4 is 11.5 Å². The monoisotopic (exact) mass is 261 g/mol. The van der Waals surface area contributed by atoms with Gasteiger partial charge in [0.2, 0.25) is 0 Å². The molecule has 2 N–H and O–H groups in total. The SMILES string of the molecule is CCCNc1cc(NCC2(CC)CCCC2)ccn1. The first-order valence-corrected chi connectivity index (χ1v) is 7.72. The Labute approximate surface area is 117 Å². The predicted molar refractivity (Wildman–Crippen MR) is 82.7 cm³/mol. The van der Waals surface area contributed by atoms with Gasteiger partial charge in [-0.15, -0.1) is 0 Å². The molecule has 1 saturated carbocycles. The van der Waals surface area contributed by atoms with Gasteiger partial charge in [0.05, 0.1) is 0 Å². The van der Waals surface area contributed by atoms with Gasteiger partial charge in [0.1, 0.15) is 5.82 Å². The summed E-state index contributed by atoms with van der Waals surface area (Å²) in [5, 5.41) is 6.95. The first-order chi connectivity index (χ1) is 9.28. The number of anilines is 2. The Morgan fingerprint density at radius 2 is 2.00 bits per heavy atom. The van der Waals surface area contributed by atoms with Crippen molar-refractivity contribution < 1.29 is 0 Å². The highest BCUT2D eigenvalue weighted by Crippen LogP contribution is 2.40. The van der Waals surface area contributed by atoms with Crippen LogP contribution < -0.4 is 10.6 Å². The highest BCUT2D eigenvalue weighted by molar-refractivity contribution is 5.51. The second-order valence-corrected chi connectivity index (χ2v) is 5.77. The van der Waals surface area contributed by atoms with Gasteiger partial charge in [0.15, 0.2) is 0 Å². The molecule has 106 valence electrons. The number of pyridine rings is 1. The van der Waals surface area contributed by atoms with E-state index in [9.17, 15) is 0 Å². The number of aromatic nitrogens is 1. The van der Waals surface area contributed by atoms with E-state index in [2.05, 4.69) is 41.6 Å². The van der Waals surface area contributed by atoms with Gasteiger partial charge in [-0.2, -0.15) is 0 Å². The predicted octanol–water partition coefficient (Wildman–Crippen LogP) is 4.29. The summed E-state index contributed by atoms with van der Waals surface area (Å²) in [6, 6.07) is 4.18. The standard InChI is InChI=1S/C16H27N3/c1-3-10-17-15-12-14(7-11-18-15)19-13-16(4-2)8-5-6-9-16/h7,11-12H,3-6,8-10,13H2,1-2H3,(H2,17,18,19). The van der Waals surface area contributed by atoms with Crippen LogP contribution in [0.5, 0.6) is 0 Å².